The number of hydrogen-bond acceptors (Lipinski definition) is 2. The molecule has 47 valence electrons. The maximum atomic E-state index is 8.25. The minimum atomic E-state index is 0.459. The molecule has 0 aliphatic heterocycles. The molecule has 2 heteroatoms. The first-order valence-corrected chi connectivity index (χ1v) is 2.76. The second-order valence-electron chi connectivity index (χ2n) is 1.72. The summed E-state index contributed by atoms with van der Waals surface area (Å²) in [6.07, 6.45) is 0. The Morgan fingerprint density at radius 3 is 3.00 bits per heavy atom. The van der Waals surface area contributed by atoms with Crippen molar-refractivity contribution in [3.63, 3.8) is 0 Å². The number of hydroxylamine groups is 1. The van der Waals surface area contributed by atoms with Gasteiger partial charge in [0.15, 0.2) is 0 Å². The van der Waals surface area contributed by atoms with Gasteiger partial charge in [-0.15, -0.1) is 0 Å². The normalized spacial score (nSPS) is 9.44. The van der Waals surface area contributed by atoms with Gasteiger partial charge in [-0.2, -0.15) is 0 Å². The van der Waals surface area contributed by atoms with Crippen LogP contribution in [0.3, 0.4) is 0 Å². The van der Waals surface area contributed by atoms with Gasteiger partial charge in [-0.3, -0.25) is 0 Å². The number of benzene rings is 1. The van der Waals surface area contributed by atoms with E-state index >= 15 is 0 Å². The summed E-state index contributed by atoms with van der Waals surface area (Å²) in [7, 11) is 0. The van der Waals surface area contributed by atoms with Crippen molar-refractivity contribution in [2.75, 3.05) is 0 Å². The molecule has 1 aromatic carbocycles. The molecule has 2 N–H and O–H groups in total. The highest BCUT2D eigenvalue weighted by Crippen LogP contribution is 1.94. The molecule has 0 aliphatic rings. The summed E-state index contributed by atoms with van der Waals surface area (Å²) < 4.78 is 0. The molecule has 2 nitrogen and oxygen atoms in total. The molecule has 0 amide bonds. The first-order valence-electron chi connectivity index (χ1n) is 2.76. The predicted molar refractivity (Wildman–Crippen MR) is 33.9 cm³/mol. The fraction of sp³-hybridized carbons (Fsp3) is 0.143. The Morgan fingerprint density at radius 1 is 1.56 bits per heavy atom. The zero-order chi connectivity index (χ0) is 6.53. The molecule has 0 bridgehead atoms. The van der Waals surface area contributed by atoms with E-state index in [-0.39, 0.29) is 0 Å². The Labute approximate surface area is 54.1 Å². The highest BCUT2D eigenvalue weighted by molar-refractivity contribution is 5.12. The maximum Gasteiger partial charge on any atom is 0.0464 e. The Hall–Kier alpha value is -0.860. The van der Waals surface area contributed by atoms with Crippen molar-refractivity contribution in [1.82, 2.24) is 5.48 Å². The van der Waals surface area contributed by atoms with E-state index in [1.807, 2.05) is 24.3 Å². The van der Waals surface area contributed by atoms with Crippen LogP contribution in [-0.2, 0) is 6.54 Å². The Bertz CT molecular complexity index is 162. The van der Waals surface area contributed by atoms with E-state index in [1.165, 1.54) is 0 Å². The highest BCUT2D eigenvalue weighted by Gasteiger charge is 1.85. The molecule has 0 aliphatic carbocycles. The standard InChI is InChI=1S/C7H8NO/c9-8-6-7-4-2-1-3-5-7/h1-4,8-9H,6H2. The monoisotopic (exact) mass is 122 g/mol. The molecule has 0 heterocycles. The lowest BCUT2D eigenvalue weighted by Crippen LogP contribution is -2.05. The van der Waals surface area contributed by atoms with Gasteiger partial charge in [-0.1, -0.05) is 24.3 Å². The molecule has 1 aromatic rings. The van der Waals surface area contributed by atoms with E-state index in [9.17, 15) is 0 Å². The predicted octanol–water partition coefficient (Wildman–Crippen LogP) is 0.966. The SMILES string of the molecule is ONCc1[c]cccc1. The quantitative estimate of drug-likeness (QED) is 0.573. The molecular weight excluding hydrogens is 114 g/mol. The van der Waals surface area contributed by atoms with Gasteiger partial charge in [0.1, 0.15) is 0 Å². The zero-order valence-electron chi connectivity index (χ0n) is 4.96. The number of hydrogen-bond donors (Lipinski definition) is 2. The summed E-state index contributed by atoms with van der Waals surface area (Å²) in [6, 6.07) is 10.4. The van der Waals surface area contributed by atoms with E-state index in [0.717, 1.165) is 5.56 Å². The molecule has 0 saturated heterocycles. The third-order valence-electron chi connectivity index (χ3n) is 1.04. The Kier molecular flexibility index (Phi) is 2.24. The Balaban J connectivity index is 2.61. The van der Waals surface area contributed by atoms with Gasteiger partial charge in [0, 0.05) is 6.54 Å². The third kappa shape index (κ3) is 1.83. The largest absolute Gasteiger partial charge is 0.316 e. The van der Waals surface area contributed by atoms with Crippen LogP contribution >= 0.6 is 0 Å². The minimum absolute atomic E-state index is 0.459. The second kappa shape index (κ2) is 3.22. The van der Waals surface area contributed by atoms with Crippen LogP contribution in [-0.4, -0.2) is 5.21 Å². The van der Waals surface area contributed by atoms with Gasteiger partial charge in [0.2, 0.25) is 0 Å². The van der Waals surface area contributed by atoms with Crippen LogP contribution in [0.1, 0.15) is 5.56 Å². The zero-order valence-corrected chi connectivity index (χ0v) is 4.96. The maximum absolute atomic E-state index is 8.25. The van der Waals surface area contributed by atoms with Gasteiger partial charge in [0.05, 0.1) is 0 Å². The van der Waals surface area contributed by atoms with Gasteiger partial charge < -0.3 is 5.21 Å². The van der Waals surface area contributed by atoms with Crippen LogP contribution in [0.15, 0.2) is 24.3 Å². The van der Waals surface area contributed by atoms with Crippen LogP contribution in [0.4, 0.5) is 0 Å². The lowest BCUT2D eigenvalue weighted by Gasteiger charge is -1.94. The van der Waals surface area contributed by atoms with Crippen molar-refractivity contribution in [3.05, 3.63) is 35.9 Å². The van der Waals surface area contributed by atoms with Crippen molar-refractivity contribution < 1.29 is 5.21 Å². The Morgan fingerprint density at radius 2 is 2.44 bits per heavy atom. The lowest BCUT2D eigenvalue weighted by atomic mass is 10.2. The fourth-order valence-electron chi connectivity index (χ4n) is 0.626. The molecule has 1 rings (SSSR count). The van der Waals surface area contributed by atoms with Gasteiger partial charge >= 0.3 is 0 Å². The summed E-state index contributed by atoms with van der Waals surface area (Å²) in [4.78, 5) is 0. The molecule has 0 fully saturated rings. The number of rotatable bonds is 2. The molecular formula is C7H8NO. The summed E-state index contributed by atoms with van der Waals surface area (Å²) in [5, 5.41) is 8.25. The van der Waals surface area contributed by atoms with Gasteiger partial charge in [0.25, 0.3) is 0 Å². The first-order chi connectivity index (χ1) is 4.43. The van der Waals surface area contributed by atoms with Crippen molar-refractivity contribution >= 4 is 0 Å². The van der Waals surface area contributed by atoms with Crippen molar-refractivity contribution in [1.29, 1.82) is 0 Å². The third-order valence-corrected chi connectivity index (χ3v) is 1.04. The van der Waals surface area contributed by atoms with Crippen LogP contribution in [0, 0.1) is 6.07 Å². The molecule has 9 heavy (non-hydrogen) atoms. The molecule has 0 saturated carbocycles. The summed E-state index contributed by atoms with van der Waals surface area (Å²) in [5.41, 5.74) is 3.01. The molecule has 0 spiro atoms. The van der Waals surface area contributed by atoms with Gasteiger partial charge in [-0.25, -0.2) is 5.48 Å². The molecule has 0 atom stereocenters. The van der Waals surface area contributed by atoms with E-state index in [4.69, 9.17) is 5.21 Å². The summed E-state index contributed by atoms with van der Waals surface area (Å²) in [6.45, 7) is 0.459. The van der Waals surface area contributed by atoms with E-state index in [0.29, 0.717) is 6.54 Å². The van der Waals surface area contributed by atoms with Crippen molar-refractivity contribution in [2.24, 2.45) is 0 Å². The van der Waals surface area contributed by atoms with E-state index < -0.39 is 0 Å². The topological polar surface area (TPSA) is 32.3 Å². The summed E-state index contributed by atoms with van der Waals surface area (Å²) in [5.74, 6) is 0. The first kappa shape index (κ1) is 6.26. The second-order valence-corrected chi connectivity index (χ2v) is 1.72. The van der Waals surface area contributed by atoms with Gasteiger partial charge in [-0.05, 0) is 11.6 Å². The molecule has 0 aromatic heterocycles. The smallest absolute Gasteiger partial charge is 0.0464 e. The summed E-state index contributed by atoms with van der Waals surface area (Å²) >= 11 is 0. The molecule has 1 radical (unpaired) electrons. The molecule has 0 unspecified atom stereocenters. The number of nitrogens with one attached hydrogen (secondary N) is 1. The van der Waals surface area contributed by atoms with Crippen molar-refractivity contribution in [2.45, 2.75) is 6.54 Å². The van der Waals surface area contributed by atoms with E-state index in [1.54, 1.807) is 0 Å². The average Bonchev–Trinajstić information content (AvgIpc) is 1.91. The van der Waals surface area contributed by atoms with Crippen LogP contribution in [0.2, 0.25) is 0 Å². The van der Waals surface area contributed by atoms with Crippen LogP contribution in [0.25, 0.3) is 0 Å². The lowest BCUT2D eigenvalue weighted by molar-refractivity contribution is 0.161. The average molecular weight is 122 g/mol. The van der Waals surface area contributed by atoms with Crippen LogP contribution in [0.5, 0.6) is 0 Å². The minimum Gasteiger partial charge on any atom is -0.316 e. The fourth-order valence-corrected chi connectivity index (χ4v) is 0.626. The van der Waals surface area contributed by atoms with Crippen LogP contribution < -0.4 is 5.48 Å². The highest BCUT2D eigenvalue weighted by atomic mass is 16.5. The van der Waals surface area contributed by atoms with Crippen molar-refractivity contribution in [3.8, 4) is 0 Å². The van der Waals surface area contributed by atoms with E-state index in [2.05, 4.69) is 11.5 Å².